The molecule has 6 heterocycles. The molecule has 0 saturated carbocycles. The molecule has 9 nitrogen and oxygen atoms in total. The summed E-state index contributed by atoms with van der Waals surface area (Å²) in [6.45, 7) is 2.77. The lowest BCUT2D eigenvalue weighted by molar-refractivity contribution is -0.119. The average Bonchev–Trinajstić information content (AvgIpc) is 3.57. The number of rotatable bonds is 6. The number of fused-ring (bicyclic) bond motifs is 1. The first kappa shape index (κ1) is 22.5. The molecule has 184 valence electrons. The first-order chi connectivity index (χ1) is 17.7. The monoisotopic (exact) mass is 482 g/mol. The number of carbonyl (C=O) groups is 1. The molecule has 1 atom stereocenters. The topological polar surface area (TPSA) is 92.1 Å². The van der Waals surface area contributed by atoms with E-state index in [2.05, 4.69) is 37.4 Å². The van der Waals surface area contributed by atoms with Crippen LogP contribution < -0.4 is 10.2 Å². The second-order valence-corrected chi connectivity index (χ2v) is 9.73. The number of aryl methyl sites for hydroxylation is 1. The van der Waals surface area contributed by atoms with E-state index in [0.717, 1.165) is 91.2 Å². The molecule has 2 aliphatic heterocycles. The molecule has 1 amide bonds. The van der Waals surface area contributed by atoms with Gasteiger partial charge in [0.25, 0.3) is 0 Å². The van der Waals surface area contributed by atoms with E-state index in [1.807, 2.05) is 48.7 Å². The predicted octanol–water partition coefficient (Wildman–Crippen LogP) is 4.01. The third-order valence-electron chi connectivity index (χ3n) is 7.50. The second-order valence-electron chi connectivity index (χ2n) is 9.73. The van der Waals surface area contributed by atoms with Gasteiger partial charge in [0.1, 0.15) is 11.6 Å². The minimum atomic E-state index is 0.395. The summed E-state index contributed by atoms with van der Waals surface area (Å²) in [5, 5.41) is 9.83. The molecule has 2 saturated heterocycles. The number of anilines is 3. The molecule has 1 unspecified atom stereocenters. The van der Waals surface area contributed by atoms with Gasteiger partial charge in [-0.05, 0) is 55.9 Å². The molecule has 9 heteroatoms. The van der Waals surface area contributed by atoms with E-state index in [-0.39, 0.29) is 0 Å². The fourth-order valence-corrected chi connectivity index (χ4v) is 5.69. The molecule has 36 heavy (non-hydrogen) atoms. The molecule has 2 aliphatic rings. The maximum atomic E-state index is 11.5. The van der Waals surface area contributed by atoms with Gasteiger partial charge in [0.2, 0.25) is 6.41 Å². The van der Waals surface area contributed by atoms with Crippen LogP contribution in [0.5, 0.6) is 0 Å². The number of amides is 1. The van der Waals surface area contributed by atoms with Gasteiger partial charge in [-0.3, -0.25) is 14.5 Å². The summed E-state index contributed by atoms with van der Waals surface area (Å²) in [6, 6.07) is 10.4. The highest BCUT2D eigenvalue weighted by Crippen LogP contribution is 2.35. The fourth-order valence-electron chi connectivity index (χ4n) is 5.69. The summed E-state index contributed by atoms with van der Waals surface area (Å²) in [5.74, 6) is 3.03. The molecule has 1 N–H and O–H groups in total. The van der Waals surface area contributed by atoms with Crippen LogP contribution in [0.25, 0.3) is 22.0 Å². The molecule has 6 rings (SSSR count). The molecular weight excluding hydrogens is 452 g/mol. The van der Waals surface area contributed by atoms with Crippen molar-refractivity contribution >= 4 is 34.6 Å². The van der Waals surface area contributed by atoms with Crippen molar-refractivity contribution in [1.82, 2.24) is 29.6 Å². The highest BCUT2D eigenvalue weighted by atomic mass is 16.1. The lowest BCUT2D eigenvalue weighted by Crippen LogP contribution is -2.42. The second kappa shape index (κ2) is 9.56. The minimum absolute atomic E-state index is 0.395. The smallest absolute Gasteiger partial charge is 0.209 e. The SMILES string of the molecule is Cn1ccc(Nc2cc(-c3cc4cnccc4c(N4CCC(C5CCCN5C=O)CC4)n3)ccn2)n1. The zero-order valence-corrected chi connectivity index (χ0v) is 20.4. The Balaban J connectivity index is 1.28. The number of pyridine rings is 3. The Morgan fingerprint density at radius 1 is 1.03 bits per heavy atom. The normalized spacial score (nSPS) is 18.6. The van der Waals surface area contributed by atoms with Crippen LogP contribution in [-0.4, -0.2) is 61.7 Å². The van der Waals surface area contributed by atoms with E-state index in [1.165, 1.54) is 0 Å². The molecule has 0 radical (unpaired) electrons. The van der Waals surface area contributed by atoms with Crippen LogP contribution >= 0.6 is 0 Å². The van der Waals surface area contributed by atoms with Crippen LogP contribution in [0, 0.1) is 5.92 Å². The number of likely N-dealkylation sites (tertiary alicyclic amines) is 1. The molecule has 0 bridgehead atoms. The molecule has 2 fully saturated rings. The van der Waals surface area contributed by atoms with E-state index >= 15 is 0 Å². The van der Waals surface area contributed by atoms with Crippen molar-refractivity contribution in [3.8, 4) is 11.3 Å². The van der Waals surface area contributed by atoms with Gasteiger partial charge in [-0.15, -0.1) is 0 Å². The maximum Gasteiger partial charge on any atom is 0.209 e. The van der Waals surface area contributed by atoms with Gasteiger partial charge < -0.3 is 15.1 Å². The van der Waals surface area contributed by atoms with E-state index < -0.39 is 0 Å². The van der Waals surface area contributed by atoms with Crippen molar-refractivity contribution in [3.05, 3.63) is 55.1 Å². The van der Waals surface area contributed by atoms with Crippen LogP contribution in [-0.2, 0) is 11.8 Å². The Morgan fingerprint density at radius 3 is 2.72 bits per heavy atom. The van der Waals surface area contributed by atoms with Gasteiger partial charge in [-0.1, -0.05) is 0 Å². The quantitative estimate of drug-likeness (QED) is 0.415. The Hall–Kier alpha value is -4.01. The van der Waals surface area contributed by atoms with Crippen LogP contribution in [0.3, 0.4) is 0 Å². The van der Waals surface area contributed by atoms with Crippen LogP contribution in [0.2, 0.25) is 0 Å². The molecule has 4 aromatic rings. The van der Waals surface area contributed by atoms with Crippen LogP contribution in [0.1, 0.15) is 25.7 Å². The molecule has 4 aromatic heterocycles. The van der Waals surface area contributed by atoms with Gasteiger partial charge in [-0.25, -0.2) is 9.97 Å². The third kappa shape index (κ3) is 4.36. The van der Waals surface area contributed by atoms with Crippen molar-refractivity contribution in [2.24, 2.45) is 13.0 Å². The number of carbonyl (C=O) groups excluding carboxylic acids is 1. The summed E-state index contributed by atoms with van der Waals surface area (Å²) >= 11 is 0. The summed E-state index contributed by atoms with van der Waals surface area (Å²) in [5.41, 5.74) is 1.87. The standard InChI is InChI=1S/C27H30N8O/c1-33-12-8-25(32-33)31-26-16-20(4-10-29-26)23-15-21-17-28-9-5-22(21)27(30-23)34-13-6-19(7-14-34)24-3-2-11-35(24)18-36/h4-5,8-10,12,15-19,24H,2-3,6-7,11,13-14H2,1H3,(H,29,31,32). The number of aromatic nitrogens is 5. The first-order valence-electron chi connectivity index (χ1n) is 12.6. The van der Waals surface area contributed by atoms with Gasteiger partial charge in [0.15, 0.2) is 5.82 Å². The summed E-state index contributed by atoms with van der Waals surface area (Å²) in [4.78, 5) is 29.9. The molecule has 0 aromatic carbocycles. The Morgan fingerprint density at radius 2 is 1.92 bits per heavy atom. The largest absolute Gasteiger partial charge is 0.356 e. The molecular formula is C27H30N8O. The number of nitrogens with zero attached hydrogens (tertiary/aromatic N) is 7. The third-order valence-corrected chi connectivity index (χ3v) is 7.50. The van der Waals surface area contributed by atoms with Crippen LogP contribution in [0.15, 0.2) is 55.1 Å². The van der Waals surface area contributed by atoms with Gasteiger partial charge in [0, 0.05) is 79.9 Å². The molecule has 0 aliphatic carbocycles. The Kier molecular flexibility index (Phi) is 5.96. The number of nitrogens with one attached hydrogen (secondary N) is 1. The zero-order valence-electron chi connectivity index (χ0n) is 20.4. The Bertz CT molecular complexity index is 1380. The van der Waals surface area contributed by atoms with Crippen molar-refractivity contribution in [1.29, 1.82) is 0 Å². The first-order valence-corrected chi connectivity index (χ1v) is 12.6. The van der Waals surface area contributed by atoms with E-state index in [1.54, 1.807) is 10.9 Å². The maximum absolute atomic E-state index is 11.5. The Labute approximate surface area is 210 Å². The number of hydrogen-bond donors (Lipinski definition) is 1. The summed E-state index contributed by atoms with van der Waals surface area (Å²) in [7, 11) is 1.89. The highest BCUT2D eigenvalue weighted by Gasteiger charge is 2.33. The van der Waals surface area contributed by atoms with Crippen molar-refractivity contribution in [2.75, 3.05) is 29.9 Å². The van der Waals surface area contributed by atoms with E-state index in [4.69, 9.17) is 4.98 Å². The highest BCUT2D eigenvalue weighted by molar-refractivity contribution is 5.94. The van der Waals surface area contributed by atoms with Crippen molar-refractivity contribution in [2.45, 2.75) is 31.7 Å². The number of hydrogen-bond acceptors (Lipinski definition) is 7. The van der Waals surface area contributed by atoms with Crippen LogP contribution in [0.4, 0.5) is 17.5 Å². The van der Waals surface area contributed by atoms with E-state index in [0.29, 0.717) is 12.0 Å². The fraction of sp³-hybridized carbons (Fsp3) is 0.370. The van der Waals surface area contributed by atoms with E-state index in [9.17, 15) is 4.79 Å². The lowest BCUT2D eigenvalue weighted by atomic mass is 9.88. The van der Waals surface area contributed by atoms with Crippen molar-refractivity contribution < 1.29 is 4.79 Å². The minimum Gasteiger partial charge on any atom is -0.356 e. The van der Waals surface area contributed by atoms with Crippen molar-refractivity contribution in [3.63, 3.8) is 0 Å². The van der Waals surface area contributed by atoms with Gasteiger partial charge >= 0.3 is 0 Å². The lowest BCUT2D eigenvalue weighted by Gasteiger charge is -2.38. The van der Waals surface area contributed by atoms with Gasteiger partial charge in [-0.2, -0.15) is 5.10 Å². The zero-order chi connectivity index (χ0) is 24.5. The van der Waals surface area contributed by atoms with Gasteiger partial charge in [0.05, 0.1) is 5.69 Å². The summed E-state index contributed by atoms with van der Waals surface area (Å²) < 4.78 is 1.75. The predicted molar refractivity (Wildman–Crippen MR) is 140 cm³/mol. The average molecular weight is 483 g/mol. The molecule has 0 spiro atoms. The summed E-state index contributed by atoms with van der Waals surface area (Å²) in [6.07, 6.45) is 12.9. The number of piperidine rings is 1.